The van der Waals surface area contributed by atoms with E-state index in [9.17, 15) is 13.2 Å². The maximum Gasteiger partial charge on any atom is 0.244 e. The summed E-state index contributed by atoms with van der Waals surface area (Å²) in [6, 6.07) is 16.4. The van der Waals surface area contributed by atoms with Crippen molar-refractivity contribution in [3.8, 4) is 0 Å². The molecule has 1 atom stereocenters. The Hall–Kier alpha value is -2.23. The zero-order valence-corrected chi connectivity index (χ0v) is 22.1. The maximum absolute atomic E-state index is 14.1. The highest BCUT2D eigenvalue weighted by atomic mass is 127. The smallest absolute Gasteiger partial charge is 0.244 e. The van der Waals surface area contributed by atoms with Crippen LogP contribution < -0.4 is 5.32 Å². The Balaban J connectivity index is 1.80. The number of rotatable bonds is 4. The number of nitrogens with zero attached hydrogens (tertiary/aromatic N) is 1. The molecule has 0 radical (unpaired) electrons. The summed E-state index contributed by atoms with van der Waals surface area (Å²) in [7, 11) is -3.93. The Morgan fingerprint density at radius 1 is 0.939 bits per heavy atom. The van der Waals surface area contributed by atoms with Crippen LogP contribution in [0.25, 0.3) is 0 Å². The lowest BCUT2D eigenvalue weighted by atomic mass is 9.95. The third kappa shape index (κ3) is 4.58. The number of nitrogens with one attached hydrogen (secondary N) is 1. The van der Waals surface area contributed by atoms with Crippen LogP contribution in [0.3, 0.4) is 0 Å². The molecule has 1 amide bonds. The number of hydrogen-bond donors (Lipinski definition) is 1. The van der Waals surface area contributed by atoms with Gasteiger partial charge in [0.1, 0.15) is 6.04 Å². The van der Waals surface area contributed by atoms with Gasteiger partial charge in [-0.2, -0.15) is 4.31 Å². The first kappa shape index (κ1) is 23.9. The van der Waals surface area contributed by atoms with Gasteiger partial charge < -0.3 is 5.32 Å². The van der Waals surface area contributed by atoms with Crippen molar-refractivity contribution in [1.29, 1.82) is 0 Å². The second-order valence-corrected chi connectivity index (χ2v) is 11.7. The van der Waals surface area contributed by atoms with E-state index < -0.39 is 16.1 Å². The minimum Gasteiger partial charge on any atom is -0.325 e. The van der Waals surface area contributed by atoms with Crippen LogP contribution in [0, 0.1) is 31.3 Å². The van der Waals surface area contributed by atoms with Gasteiger partial charge in [0.05, 0.1) is 4.90 Å². The van der Waals surface area contributed by atoms with Crippen molar-refractivity contribution in [2.45, 2.75) is 51.6 Å². The van der Waals surface area contributed by atoms with Crippen molar-refractivity contribution >= 4 is 44.2 Å². The number of anilines is 1. The zero-order valence-electron chi connectivity index (χ0n) is 19.1. The number of benzene rings is 3. The normalized spacial score (nSPS) is 16.3. The first-order chi connectivity index (χ1) is 15.6. The summed E-state index contributed by atoms with van der Waals surface area (Å²) < 4.78 is 30.6. The van der Waals surface area contributed by atoms with Crippen LogP contribution in [0.2, 0.25) is 0 Å². The van der Waals surface area contributed by atoms with Gasteiger partial charge in [0, 0.05) is 15.8 Å². The predicted molar refractivity (Wildman–Crippen MR) is 140 cm³/mol. The fourth-order valence-corrected chi connectivity index (χ4v) is 6.92. The van der Waals surface area contributed by atoms with Gasteiger partial charge in [0.25, 0.3) is 0 Å². The van der Waals surface area contributed by atoms with Gasteiger partial charge >= 0.3 is 0 Å². The van der Waals surface area contributed by atoms with Crippen molar-refractivity contribution in [2.24, 2.45) is 0 Å². The number of carbonyl (C=O) groups excluding carboxylic acids is 1. The molecule has 1 unspecified atom stereocenters. The fraction of sp³-hybridized carbons (Fsp3) is 0.269. The van der Waals surface area contributed by atoms with E-state index in [1.165, 1.54) is 4.31 Å². The first-order valence-electron chi connectivity index (χ1n) is 10.8. The molecule has 4 rings (SSSR count). The lowest BCUT2D eigenvalue weighted by Gasteiger charge is -2.36. The summed E-state index contributed by atoms with van der Waals surface area (Å²) in [6.45, 7) is 7.69. The summed E-state index contributed by atoms with van der Waals surface area (Å²) in [4.78, 5) is 13.7. The van der Waals surface area contributed by atoms with Crippen molar-refractivity contribution < 1.29 is 13.2 Å². The lowest BCUT2D eigenvalue weighted by molar-refractivity contribution is -0.120. The molecule has 0 aromatic heterocycles. The van der Waals surface area contributed by atoms with Crippen molar-refractivity contribution in [3.05, 3.63) is 91.5 Å². The molecule has 0 spiro atoms. The van der Waals surface area contributed by atoms with Gasteiger partial charge in [-0.1, -0.05) is 30.3 Å². The van der Waals surface area contributed by atoms with Gasteiger partial charge in [-0.3, -0.25) is 4.79 Å². The lowest BCUT2D eigenvalue weighted by Crippen LogP contribution is -2.50. The molecule has 1 aliphatic rings. The van der Waals surface area contributed by atoms with Gasteiger partial charge in [-0.05, 0) is 114 Å². The molecule has 0 aliphatic carbocycles. The molecular formula is C26H27IN2O3S. The van der Waals surface area contributed by atoms with Crippen LogP contribution in [0.5, 0.6) is 0 Å². The number of hydrogen-bond acceptors (Lipinski definition) is 3. The number of aryl methyl sites for hydroxylation is 2. The third-order valence-electron chi connectivity index (χ3n) is 6.48. The van der Waals surface area contributed by atoms with Crippen LogP contribution in [-0.4, -0.2) is 24.7 Å². The molecule has 0 fully saturated rings. The molecule has 1 heterocycles. The summed E-state index contributed by atoms with van der Waals surface area (Å²) >= 11 is 2.20. The first-order valence-corrected chi connectivity index (χ1v) is 13.3. The molecule has 3 aromatic rings. The van der Waals surface area contributed by atoms with E-state index in [-0.39, 0.29) is 12.5 Å². The fourth-order valence-electron chi connectivity index (χ4n) is 4.42. The minimum atomic E-state index is -3.93. The quantitative estimate of drug-likeness (QED) is 0.432. The monoisotopic (exact) mass is 574 g/mol. The van der Waals surface area contributed by atoms with E-state index in [0.29, 0.717) is 17.0 Å². The van der Waals surface area contributed by atoms with Crippen LogP contribution in [0.15, 0.2) is 59.5 Å². The SMILES string of the molecule is Cc1cc(C)c(C)c(S(=O)(=O)N2Cc3ccccc3CC2C(=O)Nc2ccc(I)cc2)c1C. The third-order valence-corrected chi connectivity index (χ3v) is 9.33. The Kier molecular flexibility index (Phi) is 6.66. The average molecular weight is 574 g/mol. The largest absolute Gasteiger partial charge is 0.325 e. The maximum atomic E-state index is 14.1. The summed E-state index contributed by atoms with van der Waals surface area (Å²) in [5.74, 6) is -0.325. The van der Waals surface area contributed by atoms with Crippen molar-refractivity contribution in [3.63, 3.8) is 0 Å². The van der Waals surface area contributed by atoms with Crippen molar-refractivity contribution in [1.82, 2.24) is 4.31 Å². The number of halogens is 1. The van der Waals surface area contributed by atoms with E-state index in [2.05, 4.69) is 27.9 Å². The van der Waals surface area contributed by atoms with Gasteiger partial charge in [-0.15, -0.1) is 0 Å². The number of amides is 1. The highest BCUT2D eigenvalue weighted by Gasteiger charge is 2.41. The molecule has 7 heteroatoms. The number of carbonyl (C=O) groups is 1. The standard InChI is InChI=1S/C26H27IN2O3S/c1-16-13-17(2)19(4)25(18(16)3)33(31,32)29-15-21-8-6-5-7-20(21)14-24(29)26(30)28-23-11-9-22(27)10-12-23/h5-13,24H,14-15H2,1-4H3,(H,28,30). The molecule has 33 heavy (non-hydrogen) atoms. The Morgan fingerprint density at radius 2 is 1.52 bits per heavy atom. The molecule has 5 nitrogen and oxygen atoms in total. The van der Waals surface area contributed by atoms with E-state index in [1.807, 2.05) is 82.3 Å². The Morgan fingerprint density at radius 3 is 2.12 bits per heavy atom. The van der Waals surface area contributed by atoms with Crippen LogP contribution in [-0.2, 0) is 27.8 Å². The molecule has 0 saturated carbocycles. The van der Waals surface area contributed by atoms with Gasteiger partial charge in [-0.25, -0.2) is 8.42 Å². The predicted octanol–water partition coefficient (Wildman–Crippen LogP) is 5.28. The molecule has 0 bridgehead atoms. The molecule has 3 aromatic carbocycles. The van der Waals surface area contributed by atoms with Crippen LogP contribution in [0.4, 0.5) is 5.69 Å². The van der Waals surface area contributed by atoms with Gasteiger partial charge in [0.2, 0.25) is 15.9 Å². The average Bonchev–Trinajstić information content (AvgIpc) is 2.78. The second kappa shape index (κ2) is 9.19. The molecule has 1 N–H and O–H groups in total. The highest BCUT2D eigenvalue weighted by molar-refractivity contribution is 14.1. The molecule has 1 aliphatic heterocycles. The summed E-state index contributed by atoms with van der Waals surface area (Å²) in [6.07, 6.45) is 0.328. The van der Waals surface area contributed by atoms with E-state index in [4.69, 9.17) is 0 Å². The van der Waals surface area contributed by atoms with Gasteiger partial charge in [0.15, 0.2) is 0 Å². The van der Waals surface area contributed by atoms with E-state index in [0.717, 1.165) is 37.0 Å². The molecule has 172 valence electrons. The zero-order chi connectivity index (χ0) is 23.9. The highest BCUT2D eigenvalue weighted by Crippen LogP contribution is 2.34. The Labute approximate surface area is 209 Å². The Bertz CT molecular complexity index is 1310. The van der Waals surface area contributed by atoms with Crippen LogP contribution >= 0.6 is 22.6 Å². The number of sulfonamides is 1. The van der Waals surface area contributed by atoms with Crippen molar-refractivity contribution in [2.75, 3.05) is 5.32 Å². The second-order valence-electron chi connectivity index (χ2n) is 8.62. The summed E-state index contributed by atoms with van der Waals surface area (Å²) in [5, 5.41) is 2.93. The summed E-state index contributed by atoms with van der Waals surface area (Å²) in [5.41, 5.74) is 5.89. The van der Waals surface area contributed by atoms with Crippen LogP contribution in [0.1, 0.15) is 33.4 Å². The molecule has 0 saturated heterocycles. The number of fused-ring (bicyclic) bond motifs is 1. The minimum absolute atomic E-state index is 0.162. The topological polar surface area (TPSA) is 66.5 Å². The molecular weight excluding hydrogens is 547 g/mol. The van der Waals surface area contributed by atoms with E-state index >= 15 is 0 Å². The van der Waals surface area contributed by atoms with E-state index in [1.54, 1.807) is 0 Å².